The lowest BCUT2D eigenvalue weighted by Gasteiger charge is -2.09. The van der Waals surface area contributed by atoms with Gasteiger partial charge < -0.3 is 14.2 Å². The van der Waals surface area contributed by atoms with Gasteiger partial charge in [-0.3, -0.25) is 0 Å². The van der Waals surface area contributed by atoms with E-state index >= 15 is 0 Å². The highest BCUT2D eigenvalue weighted by Gasteiger charge is 2.05. The molecule has 1 aromatic rings. The number of allylic oxidation sites excluding steroid dienone is 2. The summed E-state index contributed by atoms with van der Waals surface area (Å²) in [5.74, 6) is -0.259. The first-order valence-electron chi connectivity index (χ1n) is 8.62. The van der Waals surface area contributed by atoms with E-state index in [4.69, 9.17) is 14.2 Å². The highest BCUT2D eigenvalue weighted by molar-refractivity contribution is 5.81. The second-order valence-electron chi connectivity index (χ2n) is 5.51. The third-order valence-corrected chi connectivity index (χ3v) is 3.58. The summed E-state index contributed by atoms with van der Waals surface area (Å²) >= 11 is 0. The second kappa shape index (κ2) is 13.5. The zero-order chi connectivity index (χ0) is 19.0. The molecule has 0 saturated carbocycles. The molecule has 26 heavy (non-hydrogen) atoms. The molecule has 0 aliphatic carbocycles. The maximum atomic E-state index is 11.4. The van der Waals surface area contributed by atoms with E-state index in [1.54, 1.807) is 6.08 Å². The van der Waals surface area contributed by atoms with Crippen LogP contribution in [0.1, 0.15) is 37.2 Å². The van der Waals surface area contributed by atoms with Gasteiger partial charge in [-0.1, -0.05) is 43.0 Å². The molecule has 0 radical (unpaired) electrons. The van der Waals surface area contributed by atoms with E-state index in [-0.39, 0.29) is 12.5 Å². The Bertz CT molecular complexity index is 592. The Kier molecular flexibility index (Phi) is 11.0. The van der Waals surface area contributed by atoms with Crippen molar-refractivity contribution in [3.8, 4) is 0 Å². The number of hydrogen-bond donors (Lipinski definition) is 0. The molecule has 0 aromatic heterocycles. The number of rotatable bonds is 12. The average molecular weight is 358 g/mol. The minimum Gasteiger partial charge on any atom is -0.463 e. The molecule has 0 amide bonds. The van der Waals surface area contributed by atoms with E-state index in [2.05, 4.69) is 13.2 Å². The maximum Gasteiger partial charge on any atom is 0.513 e. The smallest absolute Gasteiger partial charge is 0.463 e. The number of benzene rings is 1. The summed E-state index contributed by atoms with van der Waals surface area (Å²) in [7, 11) is 0. The Hall–Kier alpha value is -2.82. The Balaban J connectivity index is 2.10. The first-order chi connectivity index (χ1) is 12.7. The zero-order valence-corrected chi connectivity index (χ0v) is 15.0. The summed E-state index contributed by atoms with van der Waals surface area (Å²) in [6, 6.07) is 9.99. The van der Waals surface area contributed by atoms with Gasteiger partial charge >= 0.3 is 12.1 Å². The molecule has 5 nitrogen and oxygen atoms in total. The molecule has 0 saturated heterocycles. The molecule has 1 aromatic carbocycles. The normalized spacial score (nSPS) is 11.5. The molecule has 0 bridgehead atoms. The molecule has 0 fully saturated rings. The van der Waals surface area contributed by atoms with E-state index in [1.165, 1.54) is 6.26 Å². The predicted octanol–water partition coefficient (Wildman–Crippen LogP) is 4.91. The van der Waals surface area contributed by atoms with Crippen LogP contribution in [0.15, 0.2) is 68.0 Å². The van der Waals surface area contributed by atoms with Crippen molar-refractivity contribution < 1.29 is 23.8 Å². The molecule has 1 unspecified atom stereocenters. The first kappa shape index (κ1) is 21.2. The second-order valence-corrected chi connectivity index (χ2v) is 5.51. The Morgan fingerprint density at radius 3 is 2.35 bits per heavy atom. The van der Waals surface area contributed by atoms with Crippen molar-refractivity contribution in [1.29, 1.82) is 0 Å². The van der Waals surface area contributed by atoms with Crippen LogP contribution in [0.25, 0.3) is 0 Å². The van der Waals surface area contributed by atoms with Crippen LogP contribution < -0.4 is 0 Å². The monoisotopic (exact) mass is 358 g/mol. The molecule has 5 heteroatoms. The lowest BCUT2D eigenvalue weighted by atomic mass is 9.96. The minimum atomic E-state index is -0.728. The molecule has 1 atom stereocenters. The lowest BCUT2D eigenvalue weighted by Crippen LogP contribution is -2.06. The maximum absolute atomic E-state index is 11.4. The van der Waals surface area contributed by atoms with Gasteiger partial charge in [0.25, 0.3) is 0 Å². The summed E-state index contributed by atoms with van der Waals surface area (Å²) in [4.78, 5) is 22.3. The lowest BCUT2D eigenvalue weighted by molar-refractivity contribution is -0.137. The van der Waals surface area contributed by atoms with E-state index < -0.39 is 12.1 Å². The molecule has 1 rings (SSSR count). The van der Waals surface area contributed by atoms with E-state index in [0.29, 0.717) is 25.9 Å². The predicted molar refractivity (Wildman–Crippen MR) is 101 cm³/mol. The van der Waals surface area contributed by atoms with Crippen LogP contribution in [0.2, 0.25) is 0 Å². The Morgan fingerprint density at radius 1 is 1.00 bits per heavy atom. The number of hydrogen-bond acceptors (Lipinski definition) is 5. The standard InChI is InChI=1S/C21H26O5/c1-3-18(19-12-7-5-8-13-19)14-11-17-26-21(23)25-16-10-6-9-15-24-20(22)4-2/h3-5,7-8,11-13,17-18H,1-2,6,9-10,14-16H2/b17-11+. The number of unbranched alkanes of at least 4 members (excludes halogenated alkanes) is 2. The van der Waals surface area contributed by atoms with Crippen molar-refractivity contribution in [3.05, 3.63) is 73.5 Å². The van der Waals surface area contributed by atoms with Gasteiger partial charge in [-0.05, 0) is 37.3 Å². The summed E-state index contributed by atoms with van der Waals surface area (Å²) < 4.78 is 14.7. The van der Waals surface area contributed by atoms with Crippen LogP contribution in [-0.4, -0.2) is 25.3 Å². The number of carbonyl (C=O) groups is 2. The van der Waals surface area contributed by atoms with Crippen molar-refractivity contribution in [2.45, 2.75) is 31.6 Å². The molecule has 0 aliphatic rings. The Morgan fingerprint density at radius 2 is 1.69 bits per heavy atom. The number of esters is 1. The molecule has 0 spiro atoms. The van der Waals surface area contributed by atoms with E-state index in [1.807, 2.05) is 36.4 Å². The summed E-state index contributed by atoms with van der Waals surface area (Å²) in [5, 5.41) is 0. The Labute approximate surface area is 155 Å². The van der Waals surface area contributed by atoms with Gasteiger partial charge in [-0.2, -0.15) is 0 Å². The fraction of sp³-hybridized carbons (Fsp3) is 0.333. The molecular formula is C21H26O5. The van der Waals surface area contributed by atoms with Gasteiger partial charge in [0.15, 0.2) is 0 Å². The third kappa shape index (κ3) is 9.47. The van der Waals surface area contributed by atoms with Gasteiger partial charge in [0.05, 0.1) is 19.5 Å². The molecule has 140 valence electrons. The largest absolute Gasteiger partial charge is 0.513 e. The number of carbonyl (C=O) groups excluding carboxylic acids is 2. The molecule has 0 N–H and O–H groups in total. The van der Waals surface area contributed by atoms with Crippen molar-refractivity contribution in [3.63, 3.8) is 0 Å². The van der Waals surface area contributed by atoms with E-state index in [9.17, 15) is 9.59 Å². The van der Waals surface area contributed by atoms with Gasteiger partial charge in [0.1, 0.15) is 0 Å². The molecule has 0 aliphatic heterocycles. The van der Waals surface area contributed by atoms with E-state index in [0.717, 1.165) is 18.1 Å². The zero-order valence-electron chi connectivity index (χ0n) is 15.0. The van der Waals surface area contributed by atoms with Gasteiger partial charge in [0, 0.05) is 12.0 Å². The highest BCUT2D eigenvalue weighted by atomic mass is 16.7. The van der Waals surface area contributed by atoms with Crippen molar-refractivity contribution >= 4 is 12.1 Å². The van der Waals surface area contributed by atoms with Crippen molar-refractivity contribution in [2.24, 2.45) is 0 Å². The highest BCUT2D eigenvalue weighted by Crippen LogP contribution is 2.20. The summed E-state index contributed by atoms with van der Waals surface area (Å²) in [5.41, 5.74) is 1.16. The van der Waals surface area contributed by atoms with Crippen molar-refractivity contribution in [2.75, 3.05) is 13.2 Å². The quantitative estimate of drug-likeness (QED) is 0.175. The van der Waals surface area contributed by atoms with Crippen LogP contribution in [0, 0.1) is 0 Å². The van der Waals surface area contributed by atoms with Crippen LogP contribution in [0.3, 0.4) is 0 Å². The molecule has 0 heterocycles. The SMILES string of the molecule is C=CC(=O)OCCCCCOC(=O)O/C=C/CC(C=C)c1ccccc1. The van der Waals surface area contributed by atoms with Gasteiger partial charge in [0.2, 0.25) is 0 Å². The minimum absolute atomic E-state index is 0.169. The first-order valence-corrected chi connectivity index (χ1v) is 8.62. The topological polar surface area (TPSA) is 61.8 Å². The third-order valence-electron chi connectivity index (χ3n) is 3.58. The van der Waals surface area contributed by atoms with Crippen LogP contribution in [0.5, 0.6) is 0 Å². The van der Waals surface area contributed by atoms with Gasteiger partial charge in [-0.25, -0.2) is 9.59 Å². The molecular weight excluding hydrogens is 332 g/mol. The van der Waals surface area contributed by atoms with Crippen molar-refractivity contribution in [1.82, 2.24) is 0 Å². The fourth-order valence-electron chi connectivity index (χ4n) is 2.18. The van der Waals surface area contributed by atoms with Crippen LogP contribution in [-0.2, 0) is 19.0 Å². The summed E-state index contributed by atoms with van der Waals surface area (Å²) in [6.45, 7) is 7.75. The van der Waals surface area contributed by atoms with Crippen LogP contribution >= 0.6 is 0 Å². The van der Waals surface area contributed by atoms with Crippen LogP contribution in [0.4, 0.5) is 4.79 Å². The summed E-state index contributed by atoms with van der Waals surface area (Å²) in [6.07, 6.45) is 8.24. The average Bonchev–Trinajstić information content (AvgIpc) is 2.67. The van der Waals surface area contributed by atoms with Gasteiger partial charge in [-0.15, -0.1) is 6.58 Å². The fourth-order valence-corrected chi connectivity index (χ4v) is 2.18. The number of ether oxygens (including phenoxy) is 3.